The fraction of sp³-hybridized carbons (Fsp3) is 0.471. The third-order valence-electron chi connectivity index (χ3n) is 4.55. The molecule has 1 aliphatic carbocycles. The van der Waals surface area contributed by atoms with Gasteiger partial charge in [0.25, 0.3) is 0 Å². The Hall–Kier alpha value is -1.97. The molecule has 4 nitrogen and oxygen atoms in total. The van der Waals surface area contributed by atoms with Crippen LogP contribution in [0.1, 0.15) is 62.8 Å². The Bertz CT molecular complexity index is 619. The Morgan fingerprint density at radius 2 is 1.76 bits per heavy atom. The molecule has 2 aromatic rings. The molecule has 1 heterocycles. The molecule has 0 bridgehead atoms. The number of aromatic nitrogens is 2. The Kier molecular flexibility index (Phi) is 3.62. The molecule has 21 heavy (non-hydrogen) atoms. The first kappa shape index (κ1) is 14.0. The number of anilines is 1. The van der Waals surface area contributed by atoms with Crippen LogP contribution in [0.2, 0.25) is 0 Å². The minimum absolute atomic E-state index is 0.459. The first-order chi connectivity index (χ1) is 10.1. The lowest BCUT2D eigenvalue weighted by Gasteiger charge is -2.08. The van der Waals surface area contributed by atoms with Crippen LogP contribution in [0.3, 0.4) is 0 Å². The van der Waals surface area contributed by atoms with E-state index in [2.05, 4.69) is 38.1 Å². The lowest BCUT2D eigenvalue weighted by atomic mass is 10.0. The first-order valence-electron chi connectivity index (χ1n) is 7.81. The molecule has 0 atom stereocenters. The summed E-state index contributed by atoms with van der Waals surface area (Å²) in [7, 11) is 0. The van der Waals surface area contributed by atoms with Crippen LogP contribution < -0.4 is 11.6 Å². The highest BCUT2D eigenvalue weighted by atomic mass is 15.4. The number of nitrogens with two attached hydrogens (primary N) is 2. The summed E-state index contributed by atoms with van der Waals surface area (Å²) in [5.74, 6) is 8.61. The van der Waals surface area contributed by atoms with E-state index in [1.165, 1.54) is 31.2 Å². The van der Waals surface area contributed by atoms with Crippen LogP contribution in [0.25, 0.3) is 11.3 Å². The average Bonchev–Trinajstić information content (AvgIpc) is 3.09. The van der Waals surface area contributed by atoms with Gasteiger partial charge in [-0.2, -0.15) is 0 Å². The number of benzene rings is 1. The molecule has 0 saturated heterocycles. The predicted molar refractivity (Wildman–Crippen MR) is 87.5 cm³/mol. The summed E-state index contributed by atoms with van der Waals surface area (Å²) in [4.78, 5) is 4.75. The Morgan fingerprint density at radius 1 is 1.14 bits per heavy atom. The second-order valence-electron chi connectivity index (χ2n) is 6.33. The van der Waals surface area contributed by atoms with E-state index in [0.29, 0.717) is 17.7 Å². The monoisotopic (exact) mass is 284 g/mol. The average molecular weight is 284 g/mol. The van der Waals surface area contributed by atoms with Gasteiger partial charge < -0.3 is 11.6 Å². The SMILES string of the molecule is CC(C)c1ccc(-c2nc(C3CCCC3)n(N)c2N)cc1. The minimum atomic E-state index is 0.459. The van der Waals surface area contributed by atoms with Crippen molar-refractivity contribution in [2.75, 3.05) is 11.6 Å². The smallest absolute Gasteiger partial charge is 0.150 e. The van der Waals surface area contributed by atoms with E-state index in [1.54, 1.807) is 4.68 Å². The van der Waals surface area contributed by atoms with Crippen molar-refractivity contribution in [2.24, 2.45) is 0 Å². The maximum atomic E-state index is 6.18. The number of hydrogen-bond donors (Lipinski definition) is 2. The van der Waals surface area contributed by atoms with E-state index in [9.17, 15) is 0 Å². The van der Waals surface area contributed by atoms with Crippen LogP contribution in [0, 0.1) is 0 Å². The quantitative estimate of drug-likeness (QED) is 0.846. The lowest BCUT2D eigenvalue weighted by molar-refractivity contribution is 0.648. The summed E-state index contributed by atoms with van der Waals surface area (Å²) in [5, 5.41) is 0. The zero-order chi connectivity index (χ0) is 15.0. The van der Waals surface area contributed by atoms with Gasteiger partial charge >= 0.3 is 0 Å². The zero-order valence-electron chi connectivity index (χ0n) is 12.8. The maximum absolute atomic E-state index is 6.18. The van der Waals surface area contributed by atoms with Gasteiger partial charge in [0.15, 0.2) is 5.82 Å². The van der Waals surface area contributed by atoms with E-state index in [0.717, 1.165) is 17.1 Å². The minimum Gasteiger partial charge on any atom is -0.382 e. The number of hydrogen-bond acceptors (Lipinski definition) is 3. The van der Waals surface area contributed by atoms with Gasteiger partial charge in [-0.15, -0.1) is 0 Å². The number of imidazole rings is 1. The van der Waals surface area contributed by atoms with Crippen LogP contribution in [0.5, 0.6) is 0 Å². The maximum Gasteiger partial charge on any atom is 0.150 e. The van der Waals surface area contributed by atoms with Crippen LogP contribution in [-0.2, 0) is 0 Å². The molecule has 0 unspecified atom stereocenters. The van der Waals surface area contributed by atoms with Crippen molar-refractivity contribution in [1.29, 1.82) is 0 Å². The van der Waals surface area contributed by atoms with E-state index < -0.39 is 0 Å². The van der Waals surface area contributed by atoms with Crippen molar-refractivity contribution < 1.29 is 0 Å². The molecule has 0 amide bonds. The van der Waals surface area contributed by atoms with Crippen LogP contribution in [-0.4, -0.2) is 9.66 Å². The van der Waals surface area contributed by atoms with Gasteiger partial charge in [-0.3, -0.25) is 0 Å². The van der Waals surface area contributed by atoms with E-state index >= 15 is 0 Å². The summed E-state index contributed by atoms with van der Waals surface area (Å²) in [6.45, 7) is 4.38. The molecule has 1 saturated carbocycles. The molecular formula is C17H24N4. The molecule has 1 fully saturated rings. The highest BCUT2D eigenvalue weighted by molar-refractivity contribution is 5.71. The van der Waals surface area contributed by atoms with Crippen molar-refractivity contribution in [3.8, 4) is 11.3 Å². The van der Waals surface area contributed by atoms with Crippen LogP contribution >= 0.6 is 0 Å². The fourth-order valence-electron chi connectivity index (χ4n) is 3.17. The number of nitrogens with zero attached hydrogens (tertiary/aromatic N) is 2. The molecule has 0 spiro atoms. The van der Waals surface area contributed by atoms with E-state index in [-0.39, 0.29) is 0 Å². The summed E-state index contributed by atoms with van der Waals surface area (Å²) in [6.07, 6.45) is 4.85. The Balaban J connectivity index is 1.96. The van der Waals surface area contributed by atoms with Crippen molar-refractivity contribution in [1.82, 2.24) is 9.66 Å². The van der Waals surface area contributed by atoms with Gasteiger partial charge in [-0.05, 0) is 24.3 Å². The summed E-state index contributed by atoms with van der Waals surface area (Å²) < 4.78 is 1.58. The van der Waals surface area contributed by atoms with Gasteiger partial charge in [0, 0.05) is 11.5 Å². The first-order valence-corrected chi connectivity index (χ1v) is 7.81. The normalized spacial score (nSPS) is 16.0. The molecule has 112 valence electrons. The van der Waals surface area contributed by atoms with E-state index in [1.807, 2.05) is 0 Å². The Morgan fingerprint density at radius 3 is 2.33 bits per heavy atom. The summed E-state index contributed by atoms with van der Waals surface area (Å²) in [6, 6.07) is 8.47. The van der Waals surface area contributed by atoms with Crippen molar-refractivity contribution in [3.63, 3.8) is 0 Å². The molecule has 4 N–H and O–H groups in total. The highest BCUT2D eigenvalue weighted by Gasteiger charge is 2.25. The molecule has 0 radical (unpaired) electrons. The molecule has 0 aliphatic heterocycles. The van der Waals surface area contributed by atoms with Gasteiger partial charge in [-0.25, -0.2) is 9.66 Å². The summed E-state index contributed by atoms with van der Waals surface area (Å²) in [5.41, 5.74) is 9.35. The fourth-order valence-corrected chi connectivity index (χ4v) is 3.17. The molecule has 1 aromatic heterocycles. The number of nitrogen functional groups attached to an aromatic ring is 2. The Labute approximate surface area is 126 Å². The molecular weight excluding hydrogens is 260 g/mol. The molecule has 4 heteroatoms. The summed E-state index contributed by atoms with van der Waals surface area (Å²) >= 11 is 0. The highest BCUT2D eigenvalue weighted by Crippen LogP contribution is 2.36. The lowest BCUT2D eigenvalue weighted by Crippen LogP contribution is -2.17. The topological polar surface area (TPSA) is 69.9 Å². The molecule has 1 aromatic carbocycles. The second kappa shape index (κ2) is 5.43. The third kappa shape index (κ3) is 2.50. The molecule has 1 aliphatic rings. The van der Waals surface area contributed by atoms with Crippen molar-refractivity contribution in [3.05, 3.63) is 35.7 Å². The van der Waals surface area contributed by atoms with Crippen LogP contribution in [0.4, 0.5) is 5.82 Å². The zero-order valence-corrected chi connectivity index (χ0v) is 12.8. The van der Waals surface area contributed by atoms with Gasteiger partial charge in [0.2, 0.25) is 0 Å². The third-order valence-corrected chi connectivity index (χ3v) is 4.55. The second-order valence-corrected chi connectivity index (χ2v) is 6.33. The van der Waals surface area contributed by atoms with Gasteiger partial charge in [0.1, 0.15) is 11.5 Å². The van der Waals surface area contributed by atoms with Gasteiger partial charge in [-0.1, -0.05) is 51.0 Å². The van der Waals surface area contributed by atoms with Crippen molar-refractivity contribution >= 4 is 5.82 Å². The number of rotatable bonds is 3. The van der Waals surface area contributed by atoms with Gasteiger partial charge in [0.05, 0.1) is 0 Å². The van der Waals surface area contributed by atoms with Crippen LogP contribution in [0.15, 0.2) is 24.3 Å². The van der Waals surface area contributed by atoms with Crippen molar-refractivity contribution in [2.45, 2.75) is 51.4 Å². The largest absolute Gasteiger partial charge is 0.382 e. The molecule has 3 rings (SSSR count). The predicted octanol–water partition coefficient (Wildman–Crippen LogP) is 3.63. The standard InChI is InChI=1S/C17H24N4/c1-11(2)12-7-9-13(10-8-12)15-16(18)21(19)17(20-15)14-5-3-4-6-14/h7-11,14H,3-6,18-19H2,1-2H3. The van der Waals surface area contributed by atoms with E-state index in [4.69, 9.17) is 16.6 Å².